The molecule has 0 spiro atoms. The van der Waals surface area contributed by atoms with Crippen LogP contribution < -0.4 is 20.1 Å². The number of aliphatic imine (C=N–C) groups is 1. The largest absolute Gasteiger partial charge is 0.493 e. The van der Waals surface area contributed by atoms with Gasteiger partial charge < -0.3 is 25.0 Å². The lowest BCUT2D eigenvalue weighted by molar-refractivity contribution is 0.213. The molecule has 29 heavy (non-hydrogen) atoms. The highest BCUT2D eigenvalue weighted by Crippen LogP contribution is 2.26. The Morgan fingerprint density at radius 2 is 1.86 bits per heavy atom. The SMILES string of the molecule is CN=C(NCc1ccc(F)c(CN(C)C)c1)NCC(C)Oc1ccccc1OC. The van der Waals surface area contributed by atoms with Gasteiger partial charge in [0.25, 0.3) is 0 Å². The molecular weight excluding hydrogens is 371 g/mol. The lowest BCUT2D eigenvalue weighted by atomic mass is 10.1. The Kier molecular flexibility index (Phi) is 8.73. The zero-order chi connectivity index (χ0) is 21.2. The first-order valence-corrected chi connectivity index (χ1v) is 9.59. The van der Waals surface area contributed by atoms with Crippen molar-refractivity contribution in [2.75, 3.05) is 34.8 Å². The minimum Gasteiger partial charge on any atom is -0.493 e. The highest BCUT2D eigenvalue weighted by Gasteiger charge is 2.10. The molecule has 0 fully saturated rings. The number of benzene rings is 2. The Hall–Kier alpha value is -2.80. The molecule has 2 rings (SSSR count). The number of ether oxygens (including phenoxy) is 2. The summed E-state index contributed by atoms with van der Waals surface area (Å²) < 4.78 is 25.2. The summed E-state index contributed by atoms with van der Waals surface area (Å²) >= 11 is 0. The molecule has 0 bridgehead atoms. The monoisotopic (exact) mass is 402 g/mol. The summed E-state index contributed by atoms with van der Waals surface area (Å²) in [6.45, 7) is 3.64. The second-order valence-electron chi connectivity index (χ2n) is 7.05. The molecule has 0 aliphatic rings. The average molecular weight is 403 g/mol. The summed E-state index contributed by atoms with van der Waals surface area (Å²) in [5.41, 5.74) is 1.67. The molecule has 2 aromatic rings. The fourth-order valence-corrected chi connectivity index (χ4v) is 2.82. The van der Waals surface area contributed by atoms with Gasteiger partial charge in [0, 0.05) is 25.7 Å². The number of hydrogen-bond donors (Lipinski definition) is 2. The molecule has 0 aliphatic carbocycles. The third-order valence-corrected chi connectivity index (χ3v) is 4.23. The maximum absolute atomic E-state index is 13.9. The second-order valence-corrected chi connectivity index (χ2v) is 7.05. The topological polar surface area (TPSA) is 58.1 Å². The van der Waals surface area contributed by atoms with Crippen LogP contribution in [0, 0.1) is 5.82 Å². The van der Waals surface area contributed by atoms with Crippen LogP contribution in [0.5, 0.6) is 11.5 Å². The van der Waals surface area contributed by atoms with Crippen molar-refractivity contribution < 1.29 is 13.9 Å². The van der Waals surface area contributed by atoms with Gasteiger partial charge >= 0.3 is 0 Å². The number of nitrogens with one attached hydrogen (secondary N) is 2. The van der Waals surface area contributed by atoms with E-state index in [0.717, 1.165) is 5.56 Å². The Morgan fingerprint density at radius 3 is 2.52 bits per heavy atom. The molecule has 6 nitrogen and oxygen atoms in total. The molecule has 1 unspecified atom stereocenters. The number of methoxy groups -OCH3 is 1. The van der Waals surface area contributed by atoms with Crippen LogP contribution in [0.2, 0.25) is 0 Å². The van der Waals surface area contributed by atoms with E-state index in [1.807, 2.05) is 56.3 Å². The highest BCUT2D eigenvalue weighted by molar-refractivity contribution is 5.79. The Bertz CT molecular complexity index is 811. The second kappa shape index (κ2) is 11.3. The van der Waals surface area contributed by atoms with Crippen LogP contribution in [-0.2, 0) is 13.1 Å². The lowest BCUT2D eigenvalue weighted by Gasteiger charge is -2.19. The first kappa shape index (κ1) is 22.5. The number of hydrogen-bond acceptors (Lipinski definition) is 4. The van der Waals surface area contributed by atoms with Crippen molar-refractivity contribution >= 4 is 5.96 Å². The van der Waals surface area contributed by atoms with Crippen molar-refractivity contribution in [1.29, 1.82) is 0 Å². The molecule has 0 saturated heterocycles. The van der Waals surface area contributed by atoms with Gasteiger partial charge in [-0.25, -0.2) is 4.39 Å². The van der Waals surface area contributed by atoms with Crippen LogP contribution in [0.25, 0.3) is 0 Å². The standard InChI is InChI=1S/C22H31FN4O2/c1-16(29-21-9-7-6-8-20(21)28-5)13-25-22(24-2)26-14-17-10-11-19(23)18(12-17)15-27(3)4/h6-12,16H,13-15H2,1-5H3,(H2,24,25,26). The summed E-state index contributed by atoms with van der Waals surface area (Å²) in [5.74, 6) is 1.87. The normalized spacial score (nSPS) is 12.6. The van der Waals surface area contributed by atoms with Gasteiger partial charge in [0.2, 0.25) is 0 Å². The van der Waals surface area contributed by atoms with E-state index in [1.54, 1.807) is 20.2 Å². The third kappa shape index (κ3) is 7.27. The summed E-state index contributed by atoms with van der Waals surface area (Å²) in [6, 6.07) is 12.7. The minimum absolute atomic E-state index is 0.0950. The Labute approximate surface area is 172 Å². The van der Waals surface area contributed by atoms with E-state index in [-0.39, 0.29) is 11.9 Å². The first-order chi connectivity index (χ1) is 13.9. The molecule has 0 amide bonds. The predicted octanol–water partition coefficient (Wildman–Crippen LogP) is 3.03. The average Bonchev–Trinajstić information content (AvgIpc) is 2.70. The molecule has 0 radical (unpaired) electrons. The van der Waals surface area contributed by atoms with Gasteiger partial charge in [0.15, 0.2) is 17.5 Å². The first-order valence-electron chi connectivity index (χ1n) is 9.59. The predicted molar refractivity (Wildman–Crippen MR) is 115 cm³/mol. The van der Waals surface area contributed by atoms with E-state index in [0.29, 0.717) is 42.7 Å². The van der Waals surface area contributed by atoms with Crippen LogP contribution >= 0.6 is 0 Å². The van der Waals surface area contributed by atoms with Crippen LogP contribution in [0.4, 0.5) is 4.39 Å². The molecule has 7 heteroatoms. The Balaban J connectivity index is 1.86. The van der Waals surface area contributed by atoms with Crippen molar-refractivity contribution in [2.24, 2.45) is 4.99 Å². The van der Waals surface area contributed by atoms with Gasteiger partial charge in [-0.05, 0) is 50.8 Å². The molecule has 1 atom stereocenters. The number of para-hydroxylation sites is 2. The molecular formula is C22H31FN4O2. The third-order valence-electron chi connectivity index (χ3n) is 4.23. The minimum atomic E-state index is -0.188. The zero-order valence-corrected chi connectivity index (χ0v) is 17.8. The molecule has 158 valence electrons. The zero-order valence-electron chi connectivity index (χ0n) is 17.8. The summed E-state index contributed by atoms with van der Waals surface area (Å²) in [6.07, 6.45) is -0.0950. The van der Waals surface area contributed by atoms with Crippen LogP contribution in [-0.4, -0.2) is 51.8 Å². The van der Waals surface area contributed by atoms with E-state index in [1.165, 1.54) is 6.07 Å². The van der Waals surface area contributed by atoms with Crippen LogP contribution in [0.15, 0.2) is 47.5 Å². The van der Waals surface area contributed by atoms with E-state index >= 15 is 0 Å². The highest BCUT2D eigenvalue weighted by atomic mass is 19.1. The molecule has 0 heterocycles. The molecule has 2 N–H and O–H groups in total. The van der Waals surface area contributed by atoms with Gasteiger partial charge in [0.1, 0.15) is 11.9 Å². The van der Waals surface area contributed by atoms with Crippen molar-refractivity contribution in [3.8, 4) is 11.5 Å². The van der Waals surface area contributed by atoms with E-state index < -0.39 is 0 Å². The van der Waals surface area contributed by atoms with E-state index in [2.05, 4.69) is 15.6 Å². The van der Waals surface area contributed by atoms with Crippen molar-refractivity contribution in [1.82, 2.24) is 15.5 Å². The Morgan fingerprint density at radius 1 is 1.14 bits per heavy atom. The van der Waals surface area contributed by atoms with Crippen LogP contribution in [0.1, 0.15) is 18.1 Å². The lowest BCUT2D eigenvalue weighted by Crippen LogP contribution is -2.41. The van der Waals surface area contributed by atoms with Gasteiger partial charge in [-0.3, -0.25) is 4.99 Å². The number of halogens is 1. The maximum Gasteiger partial charge on any atom is 0.191 e. The fraction of sp³-hybridized carbons (Fsp3) is 0.409. The van der Waals surface area contributed by atoms with Gasteiger partial charge in [-0.2, -0.15) is 0 Å². The number of guanidine groups is 1. The molecule has 0 aromatic heterocycles. The summed E-state index contributed by atoms with van der Waals surface area (Å²) in [7, 11) is 7.17. The van der Waals surface area contributed by atoms with Crippen molar-refractivity contribution in [3.63, 3.8) is 0 Å². The quantitative estimate of drug-likeness (QED) is 0.499. The maximum atomic E-state index is 13.9. The van der Waals surface area contributed by atoms with E-state index in [4.69, 9.17) is 9.47 Å². The fourth-order valence-electron chi connectivity index (χ4n) is 2.82. The molecule has 0 saturated carbocycles. The molecule has 0 aliphatic heterocycles. The van der Waals surface area contributed by atoms with Crippen LogP contribution in [0.3, 0.4) is 0 Å². The number of rotatable bonds is 9. The van der Waals surface area contributed by atoms with Crippen molar-refractivity contribution in [3.05, 3.63) is 59.4 Å². The van der Waals surface area contributed by atoms with Gasteiger partial charge in [-0.15, -0.1) is 0 Å². The van der Waals surface area contributed by atoms with E-state index in [9.17, 15) is 4.39 Å². The summed E-state index contributed by atoms with van der Waals surface area (Å²) in [4.78, 5) is 6.18. The van der Waals surface area contributed by atoms with Crippen molar-refractivity contribution in [2.45, 2.75) is 26.1 Å². The van der Waals surface area contributed by atoms with Gasteiger partial charge in [-0.1, -0.05) is 18.2 Å². The number of nitrogens with zero attached hydrogens (tertiary/aromatic N) is 2. The smallest absolute Gasteiger partial charge is 0.191 e. The molecule has 2 aromatic carbocycles. The van der Waals surface area contributed by atoms with Gasteiger partial charge in [0.05, 0.1) is 13.7 Å². The summed E-state index contributed by atoms with van der Waals surface area (Å²) in [5, 5.41) is 6.50.